The monoisotopic (exact) mass is 289 g/mol. The molecule has 5 heteroatoms. The largest absolute Gasteiger partial charge is 0.316 e. The van der Waals surface area contributed by atoms with Crippen LogP contribution in [0.4, 0.5) is 0 Å². The fourth-order valence-electron chi connectivity index (χ4n) is 2.80. The van der Waals surface area contributed by atoms with E-state index in [2.05, 4.69) is 59.7 Å². The van der Waals surface area contributed by atoms with Crippen LogP contribution in [0, 0.1) is 13.8 Å². The van der Waals surface area contributed by atoms with Crippen molar-refractivity contribution in [2.45, 2.75) is 59.7 Å². The number of hydrogen-bond acceptors (Lipinski definition) is 3. The highest BCUT2D eigenvalue weighted by Gasteiger charge is 2.13. The van der Waals surface area contributed by atoms with Crippen LogP contribution in [0.5, 0.6) is 0 Å². The third kappa shape index (κ3) is 3.35. The second kappa shape index (κ2) is 6.89. The molecule has 0 saturated heterocycles. The molecule has 0 saturated carbocycles. The molecule has 0 aromatic carbocycles. The van der Waals surface area contributed by atoms with Crippen molar-refractivity contribution in [3.63, 3.8) is 0 Å². The SMILES string of the molecule is CCC(CC)n1ccc(Cn2nc(C)c(CNC)c2C)n1. The van der Waals surface area contributed by atoms with Gasteiger partial charge in [-0.2, -0.15) is 10.2 Å². The zero-order chi connectivity index (χ0) is 15.4. The molecule has 0 aliphatic rings. The van der Waals surface area contributed by atoms with E-state index in [4.69, 9.17) is 5.10 Å². The Balaban J connectivity index is 2.17. The smallest absolute Gasteiger partial charge is 0.0853 e. The van der Waals surface area contributed by atoms with Crippen LogP contribution >= 0.6 is 0 Å². The van der Waals surface area contributed by atoms with Gasteiger partial charge in [0.2, 0.25) is 0 Å². The molecule has 116 valence electrons. The highest BCUT2D eigenvalue weighted by Crippen LogP contribution is 2.17. The third-order valence-electron chi connectivity index (χ3n) is 4.18. The molecule has 0 aliphatic heterocycles. The molecular formula is C16H27N5. The first kappa shape index (κ1) is 15.8. The summed E-state index contributed by atoms with van der Waals surface area (Å²) in [5.74, 6) is 0. The lowest BCUT2D eigenvalue weighted by Gasteiger charge is -2.12. The van der Waals surface area contributed by atoms with Crippen molar-refractivity contribution >= 4 is 0 Å². The summed E-state index contributed by atoms with van der Waals surface area (Å²) in [4.78, 5) is 0. The van der Waals surface area contributed by atoms with Gasteiger partial charge in [0.15, 0.2) is 0 Å². The minimum Gasteiger partial charge on any atom is -0.316 e. The van der Waals surface area contributed by atoms with E-state index in [1.54, 1.807) is 0 Å². The van der Waals surface area contributed by atoms with Gasteiger partial charge >= 0.3 is 0 Å². The van der Waals surface area contributed by atoms with Gasteiger partial charge in [-0.3, -0.25) is 9.36 Å². The molecular weight excluding hydrogens is 262 g/mol. The Labute approximate surface area is 127 Å². The summed E-state index contributed by atoms with van der Waals surface area (Å²) in [6.45, 7) is 10.2. The molecule has 0 aliphatic carbocycles. The van der Waals surface area contributed by atoms with E-state index < -0.39 is 0 Å². The summed E-state index contributed by atoms with van der Waals surface area (Å²) in [5, 5.41) is 12.6. The maximum atomic E-state index is 4.71. The molecule has 0 amide bonds. The molecule has 1 N–H and O–H groups in total. The van der Waals surface area contributed by atoms with Crippen molar-refractivity contribution in [2.24, 2.45) is 0 Å². The van der Waals surface area contributed by atoms with Gasteiger partial charge in [0.25, 0.3) is 0 Å². The summed E-state index contributed by atoms with van der Waals surface area (Å²) in [7, 11) is 1.97. The van der Waals surface area contributed by atoms with Crippen LogP contribution < -0.4 is 5.32 Å². The van der Waals surface area contributed by atoms with Crippen molar-refractivity contribution < 1.29 is 0 Å². The summed E-state index contributed by atoms with van der Waals surface area (Å²) < 4.78 is 4.15. The van der Waals surface area contributed by atoms with Crippen molar-refractivity contribution in [1.29, 1.82) is 0 Å². The molecule has 0 fully saturated rings. The minimum atomic E-state index is 0.499. The van der Waals surface area contributed by atoms with Crippen LogP contribution in [-0.4, -0.2) is 26.6 Å². The Morgan fingerprint density at radius 3 is 2.52 bits per heavy atom. The van der Waals surface area contributed by atoms with Gasteiger partial charge in [-0.1, -0.05) is 13.8 Å². The first-order chi connectivity index (χ1) is 10.1. The van der Waals surface area contributed by atoms with Crippen LogP contribution in [0.15, 0.2) is 12.3 Å². The Morgan fingerprint density at radius 2 is 1.90 bits per heavy atom. The highest BCUT2D eigenvalue weighted by molar-refractivity contribution is 5.24. The average molecular weight is 289 g/mol. The topological polar surface area (TPSA) is 47.7 Å². The maximum absolute atomic E-state index is 4.71. The van der Waals surface area contributed by atoms with E-state index in [9.17, 15) is 0 Å². The normalized spacial score (nSPS) is 11.5. The van der Waals surface area contributed by atoms with Crippen LogP contribution in [-0.2, 0) is 13.1 Å². The number of aryl methyl sites for hydroxylation is 1. The van der Waals surface area contributed by atoms with Crippen LogP contribution in [0.25, 0.3) is 0 Å². The predicted molar refractivity (Wildman–Crippen MR) is 85.4 cm³/mol. The molecule has 0 spiro atoms. The summed E-state index contributed by atoms with van der Waals surface area (Å²) in [6.07, 6.45) is 4.32. The van der Waals surface area contributed by atoms with Gasteiger partial charge in [0.05, 0.1) is 24.0 Å². The Kier molecular flexibility index (Phi) is 5.17. The maximum Gasteiger partial charge on any atom is 0.0853 e. The van der Waals surface area contributed by atoms with Crippen LogP contribution in [0.3, 0.4) is 0 Å². The quantitative estimate of drug-likeness (QED) is 0.852. The van der Waals surface area contributed by atoms with E-state index in [-0.39, 0.29) is 0 Å². The van der Waals surface area contributed by atoms with Crippen LogP contribution in [0.2, 0.25) is 0 Å². The second-order valence-corrected chi connectivity index (χ2v) is 5.59. The minimum absolute atomic E-state index is 0.499. The number of rotatable bonds is 7. The first-order valence-electron chi connectivity index (χ1n) is 7.82. The van der Waals surface area contributed by atoms with E-state index in [0.717, 1.165) is 37.3 Å². The highest BCUT2D eigenvalue weighted by atomic mass is 15.3. The Morgan fingerprint density at radius 1 is 1.19 bits per heavy atom. The molecule has 5 nitrogen and oxygen atoms in total. The average Bonchev–Trinajstić information content (AvgIpc) is 3.02. The molecule has 2 aromatic heterocycles. The Hall–Kier alpha value is -1.62. The molecule has 2 aromatic rings. The molecule has 0 radical (unpaired) electrons. The lowest BCUT2D eigenvalue weighted by Crippen LogP contribution is -2.10. The van der Waals surface area contributed by atoms with E-state index in [1.807, 2.05) is 7.05 Å². The third-order valence-corrected chi connectivity index (χ3v) is 4.18. The predicted octanol–water partition coefficient (Wildman–Crippen LogP) is 2.83. The lowest BCUT2D eigenvalue weighted by molar-refractivity contribution is 0.423. The zero-order valence-corrected chi connectivity index (χ0v) is 13.8. The molecule has 0 bridgehead atoms. The molecule has 2 heterocycles. The number of hydrogen-bond donors (Lipinski definition) is 1. The summed E-state index contributed by atoms with van der Waals surface area (Å²) in [6, 6.07) is 2.60. The van der Waals surface area contributed by atoms with Gasteiger partial charge < -0.3 is 5.32 Å². The lowest BCUT2D eigenvalue weighted by atomic mass is 10.2. The summed E-state index contributed by atoms with van der Waals surface area (Å²) in [5.41, 5.74) is 4.68. The van der Waals surface area contributed by atoms with E-state index in [0.29, 0.717) is 6.04 Å². The van der Waals surface area contributed by atoms with Crippen molar-refractivity contribution in [1.82, 2.24) is 24.9 Å². The Bertz CT molecular complexity index is 578. The molecule has 0 atom stereocenters. The molecule has 21 heavy (non-hydrogen) atoms. The standard InChI is InChI=1S/C16H27N5/c1-6-15(7-2)20-9-8-14(19-20)11-21-13(4)16(10-17-5)12(3)18-21/h8-9,15,17H,6-7,10-11H2,1-5H3. The van der Waals surface area contributed by atoms with Gasteiger partial charge in [-0.15, -0.1) is 0 Å². The van der Waals surface area contributed by atoms with Crippen LogP contribution in [0.1, 0.15) is 55.4 Å². The number of nitrogens with one attached hydrogen (secondary N) is 1. The van der Waals surface area contributed by atoms with E-state index in [1.165, 1.54) is 11.3 Å². The number of nitrogens with zero attached hydrogens (tertiary/aromatic N) is 4. The van der Waals surface area contributed by atoms with Crippen molar-refractivity contribution in [3.05, 3.63) is 34.9 Å². The van der Waals surface area contributed by atoms with Gasteiger partial charge in [-0.05, 0) is 39.8 Å². The first-order valence-corrected chi connectivity index (χ1v) is 7.82. The van der Waals surface area contributed by atoms with E-state index >= 15 is 0 Å². The summed E-state index contributed by atoms with van der Waals surface area (Å²) >= 11 is 0. The second-order valence-electron chi connectivity index (χ2n) is 5.59. The molecule has 2 rings (SSSR count). The molecule has 0 unspecified atom stereocenters. The fraction of sp³-hybridized carbons (Fsp3) is 0.625. The number of aromatic nitrogens is 4. The van der Waals surface area contributed by atoms with Crippen molar-refractivity contribution in [2.75, 3.05) is 7.05 Å². The zero-order valence-electron chi connectivity index (χ0n) is 13.8. The van der Waals surface area contributed by atoms with Crippen molar-refractivity contribution in [3.8, 4) is 0 Å². The van der Waals surface area contributed by atoms with Gasteiger partial charge in [0.1, 0.15) is 0 Å². The van der Waals surface area contributed by atoms with Gasteiger partial charge in [0, 0.05) is 24.0 Å². The van der Waals surface area contributed by atoms with Gasteiger partial charge in [-0.25, -0.2) is 0 Å². The fourth-order valence-corrected chi connectivity index (χ4v) is 2.80.